The standard InChI is InChI=1S/C8H8INO/c9-6-4-7-8(11)2-1-3-10(7)5-6/h4-5H,1-3H2. The van der Waals surface area contributed by atoms with E-state index in [1.54, 1.807) is 0 Å². The molecular formula is C8H8INO. The second-order valence-corrected chi connectivity index (χ2v) is 4.01. The van der Waals surface area contributed by atoms with Gasteiger partial charge < -0.3 is 4.57 Å². The smallest absolute Gasteiger partial charge is 0.179 e. The first-order chi connectivity index (χ1) is 5.27. The first-order valence-electron chi connectivity index (χ1n) is 3.66. The molecule has 0 radical (unpaired) electrons. The first kappa shape index (κ1) is 7.34. The Morgan fingerprint density at radius 3 is 3.09 bits per heavy atom. The molecular weight excluding hydrogens is 253 g/mol. The fourth-order valence-electron chi connectivity index (χ4n) is 1.43. The van der Waals surface area contributed by atoms with Crippen LogP contribution in [0.5, 0.6) is 0 Å². The third-order valence-corrected chi connectivity index (χ3v) is 2.54. The molecule has 1 aliphatic rings. The van der Waals surface area contributed by atoms with E-state index in [2.05, 4.69) is 22.6 Å². The van der Waals surface area contributed by atoms with Crippen molar-refractivity contribution in [1.29, 1.82) is 0 Å². The average molecular weight is 261 g/mol. The van der Waals surface area contributed by atoms with Crippen LogP contribution >= 0.6 is 22.6 Å². The average Bonchev–Trinajstić information content (AvgIpc) is 2.31. The van der Waals surface area contributed by atoms with Crippen molar-refractivity contribution in [3.05, 3.63) is 21.5 Å². The Bertz CT molecular complexity index is 303. The zero-order valence-corrected chi connectivity index (χ0v) is 8.17. The molecule has 11 heavy (non-hydrogen) atoms. The van der Waals surface area contributed by atoms with Gasteiger partial charge >= 0.3 is 0 Å². The molecule has 0 atom stereocenters. The van der Waals surface area contributed by atoms with Crippen LogP contribution in [0.3, 0.4) is 0 Å². The second kappa shape index (κ2) is 2.62. The Hall–Kier alpha value is -0.320. The van der Waals surface area contributed by atoms with Crippen LogP contribution in [0.1, 0.15) is 23.3 Å². The molecule has 2 rings (SSSR count). The lowest BCUT2D eigenvalue weighted by Gasteiger charge is -2.12. The monoisotopic (exact) mass is 261 g/mol. The lowest BCUT2D eigenvalue weighted by Crippen LogP contribution is -2.14. The van der Waals surface area contributed by atoms with Gasteiger partial charge in [-0.1, -0.05) is 0 Å². The number of aromatic nitrogens is 1. The lowest BCUT2D eigenvalue weighted by molar-refractivity contribution is 0.0955. The van der Waals surface area contributed by atoms with Gasteiger partial charge in [-0.25, -0.2) is 0 Å². The molecule has 0 unspecified atom stereocenters. The van der Waals surface area contributed by atoms with Gasteiger partial charge in [-0.05, 0) is 35.1 Å². The molecule has 2 heterocycles. The zero-order chi connectivity index (χ0) is 7.84. The van der Waals surface area contributed by atoms with Crippen molar-refractivity contribution in [1.82, 2.24) is 4.57 Å². The highest BCUT2D eigenvalue weighted by molar-refractivity contribution is 14.1. The van der Waals surface area contributed by atoms with Crippen LogP contribution in [0.4, 0.5) is 0 Å². The first-order valence-corrected chi connectivity index (χ1v) is 4.74. The minimum Gasteiger partial charge on any atom is -0.344 e. The van der Waals surface area contributed by atoms with E-state index in [4.69, 9.17) is 0 Å². The maximum Gasteiger partial charge on any atom is 0.179 e. The molecule has 0 aromatic carbocycles. The van der Waals surface area contributed by atoms with Gasteiger partial charge in [0.05, 0.1) is 5.69 Å². The van der Waals surface area contributed by atoms with Crippen LogP contribution in [-0.2, 0) is 6.54 Å². The Morgan fingerprint density at radius 1 is 1.55 bits per heavy atom. The molecule has 0 saturated carbocycles. The van der Waals surface area contributed by atoms with Gasteiger partial charge in [-0.2, -0.15) is 0 Å². The molecule has 0 N–H and O–H groups in total. The molecule has 1 aromatic rings. The topological polar surface area (TPSA) is 22.0 Å². The summed E-state index contributed by atoms with van der Waals surface area (Å²) in [6, 6.07) is 1.96. The molecule has 2 nitrogen and oxygen atoms in total. The molecule has 0 amide bonds. The van der Waals surface area contributed by atoms with Crippen LogP contribution in [0.25, 0.3) is 0 Å². The Labute approximate surface area is 78.7 Å². The van der Waals surface area contributed by atoms with Gasteiger partial charge in [0, 0.05) is 22.7 Å². The van der Waals surface area contributed by atoms with Gasteiger partial charge in [0.25, 0.3) is 0 Å². The summed E-state index contributed by atoms with van der Waals surface area (Å²) in [5.74, 6) is 0.291. The van der Waals surface area contributed by atoms with E-state index >= 15 is 0 Å². The van der Waals surface area contributed by atoms with Crippen molar-refractivity contribution < 1.29 is 4.79 Å². The number of rotatable bonds is 0. The maximum atomic E-state index is 11.3. The SMILES string of the molecule is O=C1CCCn2cc(I)cc21. The predicted molar refractivity (Wildman–Crippen MR) is 50.7 cm³/mol. The van der Waals surface area contributed by atoms with Gasteiger partial charge in [-0.15, -0.1) is 0 Å². The number of carbonyl (C=O) groups is 1. The molecule has 1 aromatic heterocycles. The highest BCUT2D eigenvalue weighted by Gasteiger charge is 2.16. The predicted octanol–water partition coefficient (Wildman–Crippen LogP) is 2.07. The summed E-state index contributed by atoms with van der Waals surface area (Å²) in [5, 5.41) is 0. The van der Waals surface area contributed by atoms with E-state index in [9.17, 15) is 4.79 Å². The number of hydrogen-bond acceptors (Lipinski definition) is 1. The number of aryl methyl sites for hydroxylation is 1. The molecule has 1 aliphatic heterocycles. The number of hydrogen-bond donors (Lipinski definition) is 0. The van der Waals surface area contributed by atoms with E-state index in [1.165, 1.54) is 0 Å². The highest BCUT2D eigenvalue weighted by atomic mass is 127. The van der Waals surface area contributed by atoms with Crippen molar-refractivity contribution in [3.8, 4) is 0 Å². The van der Waals surface area contributed by atoms with E-state index in [0.29, 0.717) is 5.78 Å². The number of nitrogens with zero attached hydrogens (tertiary/aromatic N) is 1. The van der Waals surface area contributed by atoms with Crippen LogP contribution in [0, 0.1) is 3.57 Å². The maximum absolute atomic E-state index is 11.3. The number of ketones is 1. The van der Waals surface area contributed by atoms with Crippen LogP contribution in [-0.4, -0.2) is 10.4 Å². The summed E-state index contributed by atoms with van der Waals surface area (Å²) in [6.45, 7) is 1.00. The van der Waals surface area contributed by atoms with Crippen LogP contribution in [0.15, 0.2) is 12.3 Å². The van der Waals surface area contributed by atoms with E-state index in [-0.39, 0.29) is 0 Å². The number of carbonyl (C=O) groups excluding carboxylic acids is 1. The van der Waals surface area contributed by atoms with Gasteiger partial charge in [0.2, 0.25) is 0 Å². The van der Waals surface area contributed by atoms with Crippen molar-refractivity contribution in [2.24, 2.45) is 0 Å². The summed E-state index contributed by atoms with van der Waals surface area (Å²) in [4.78, 5) is 11.3. The molecule has 3 heteroatoms. The molecule has 0 spiro atoms. The minimum atomic E-state index is 0.291. The molecule has 0 saturated heterocycles. The summed E-state index contributed by atoms with van der Waals surface area (Å²) < 4.78 is 3.21. The third-order valence-electron chi connectivity index (χ3n) is 1.95. The van der Waals surface area contributed by atoms with Gasteiger partial charge in [0.15, 0.2) is 5.78 Å². The molecule has 0 aliphatic carbocycles. The van der Waals surface area contributed by atoms with E-state index in [1.807, 2.05) is 16.8 Å². The minimum absolute atomic E-state index is 0.291. The summed E-state index contributed by atoms with van der Waals surface area (Å²) in [6.07, 6.45) is 3.75. The molecule has 58 valence electrons. The van der Waals surface area contributed by atoms with Crippen LogP contribution < -0.4 is 0 Å². The Kier molecular flexibility index (Phi) is 1.75. The fraction of sp³-hybridized carbons (Fsp3) is 0.375. The third kappa shape index (κ3) is 1.21. The van der Waals surface area contributed by atoms with Crippen molar-refractivity contribution in [3.63, 3.8) is 0 Å². The Morgan fingerprint density at radius 2 is 2.36 bits per heavy atom. The van der Waals surface area contributed by atoms with Gasteiger partial charge in [0.1, 0.15) is 0 Å². The zero-order valence-electron chi connectivity index (χ0n) is 6.01. The highest BCUT2D eigenvalue weighted by Crippen LogP contribution is 2.18. The largest absolute Gasteiger partial charge is 0.344 e. The normalized spacial score (nSPS) is 16.6. The second-order valence-electron chi connectivity index (χ2n) is 2.76. The summed E-state index contributed by atoms with van der Waals surface area (Å²) >= 11 is 2.24. The lowest BCUT2D eigenvalue weighted by atomic mass is 10.1. The van der Waals surface area contributed by atoms with Crippen LogP contribution in [0.2, 0.25) is 0 Å². The quantitative estimate of drug-likeness (QED) is 0.655. The number of halogens is 1. The fourth-order valence-corrected chi connectivity index (χ4v) is 2.06. The summed E-state index contributed by atoms with van der Waals surface area (Å²) in [5.41, 5.74) is 0.889. The summed E-state index contributed by atoms with van der Waals surface area (Å²) in [7, 11) is 0. The van der Waals surface area contributed by atoms with Crippen molar-refractivity contribution in [2.75, 3.05) is 0 Å². The number of fused-ring (bicyclic) bond motifs is 1. The van der Waals surface area contributed by atoms with Gasteiger partial charge in [-0.3, -0.25) is 4.79 Å². The molecule has 0 bridgehead atoms. The Balaban J connectivity index is 2.52. The van der Waals surface area contributed by atoms with E-state index in [0.717, 1.165) is 28.7 Å². The molecule has 0 fully saturated rings. The number of Topliss-reactive ketones (excluding diaryl/α,β-unsaturated/α-hetero) is 1. The van der Waals surface area contributed by atoms with Crippen molar-refractivity contribution >= 4 is 28.4 Å². The van der Waals surface area contributed by atoms with E-state index < -0.39 is 0 Å². The van der Waals surface area contributed by atoms with Crippen molar-refractivity contribution in [2.45, 2.75) is 19.4 Å².